The van der Waals surface area contributed by atoms with E-state index in [9.17, 15) is 15.2 Å². The van der Waals surface area contributed by atoms with Crippen molar-refractivity contribution in [3.8, 4) is 17.2 Å². The molecule has 2 aromatic rings. The van der Waals surface area contributed by atoms with Gasteiger partial charge in [-0.2, -0.15) is 4.98 Å². The van der Waals surface area contributed by atoms with Crippen molar-refractivity contribution in [2.75, 3.05) is 7.11 Å². The second-order valence-electron chi connectivity index (χ2n) is 4.41. The molecule has 1 aromatic carbocycles. The zero-order chi connectivity index (χ0) is 15.4. The first-order valence-electron chi connectivity index (χ1n) is 6.41. The number of ether oxygens (including phenoxy) is 1. The summed E-state index contributed by atoms with van der Waals surface area (Å²) in [5.74, 6) is 0.476. The lowest BCUT2D eigenvalue weighted by molar-refractivity contribution is -0.385. The third-order valence-electron chi connectivity index (χ3n) is 2.93. The molecule has 1 unspecified atom stereocenters. The van der Waals surface area contributed by atoms with Crippen LogP contribution in [0.4, 0.5) is 5.69 Å². The van der Waals surface area contributed by atoms with Gasteiger partial charge >= 0.3 is 5.69 Å². The van der Waals surface area contributed by atoms with Crippen LogP contribution in [0.1, 0.15) is 31.7 Å². The topological polar surface area (TPSA) is 112 Å². The summed E-state index contributed by atoms with van der Waals surface area (Å²) in [6.07, 6.45) is 0.534. The zero-order valence-electron chi connectivity index (χ0n) is 11.6. The van der Waals surface area contributed by atoms with Gasteiger partial charge in [0.05, 0.1) is 12.0 Å². The molecule has 0 amide bonds. The Morgan fingerprint density at radius 1 is 1.52 bits per heavy atom. The number of nitro benzene ring substituents is 1. The predicted octanol–water partition coefficient (Wildman–Crippen LogP) is 2.49. The van der Waals surface area contributed by atoms with E-state index < -0.39 is 11.0 Å². The van der Waals surface area contributed by atoms with Crippen molar-refractivity contribution < 1.29 is 19.3 Å². The maximum Gasteiger partial charge on any atom is 0.310 e. The average molecular weight is 293 g/mol. The molecule has 112 valence electrons. The van der Waals surface area contributed by atoms with Crippen molar-refractivity contribution in [3.63, 3.8) is 0 Å². The van der Waals surface area contributed by atoms with Gasteiger partial charge < -0.3 is 14.4 Å². The molecule has 1 heterocycles. The Morgan fingerprint density at radius 2 is 2.29 bits per heavy atom. The molecule has 0 saturated carbocycles. The van der Waals surface area contributed by atoms with Crippen molar-refractivity contribution >= 4 is 5.69 Å². The molecule has 0 aliphatic heterocycles. The molecule has 8 heteroatoms. The first-order valence-corrected chi connectivity index (χ1v) is 6.41. The van der Waals surface area contributed by atoms with Gasteiger partial charge in [-0.3, -0.25) is 10.1 Å². The molecule has 0 saturated heterocycles. The summed E-state index contributed by atoms with van der Waals surface area (Å²) in [5, 5.41) is 24.3. The highest BCUT2D eigenvalue weighted by Crippen LogP contribution is 2.31. The fourth-order valence-corrected chi connectivity index (χ4v) is 1.85. The van der Waals surface area contributed by atoms with E-state index in [-0.39, 0.29) is 23.2 Å². The van der Waals surface area contributed by atoms with E-state index in [0.717, 1.165) is 6.42 Å². The fourth-order valence-electron chi connectivity index (χ4n) is 1.85. The van der Waals surface area contributed by atoms with Crippen molar-refractivity contribution in [3.05, 3.63) is 34.1 Å². The first kappa shape index (κ1) is 14.9. The number of nitrogens with zero attached hydrogens (tertiary/aromatic N) is 3. The lowest BCUT2D eigenvalue weighted by Gasteiger charge is -2.03. The molecule has 0 fully saturated rings. The molecular formula is C13H15N3O5. The van der Waals surface area contributed by atoms with Gasteiger partial charge in [0.1, 0.15) is 6.10 Å². The summed E-state index contributed by atoms with van der Waals surface area (Å²) in [6.45, 7) is 1.94. The lowest BCUT2D eigenvalue weighted by Crippen LogP contribution is -1.99. The molecule has 1 aromatic heterocycles. The highest BCUT2D eigenvalue weighted by atomic mass is 16.6. The van der Waals surface area contributed by atoms with Crippen LogP contribution in [-0.2, 0) is 0 Å². The molecule has 0 spiro atoms. The summed E-state index contributed by atoms with van der Waals surface area (Å²) < 4.78 is 10.1. The second-order valence-corrected chi connectivity index (χ2v) is 4.41. The number of rotatable bonds is 6. The van der Waals surface area contributed by atoms with Crippen LogP contribution in [0, 0.1) is 10.1 Å². The van der Waals surface area contributed by atoms with Gasteiger partial charge in [-0.1, -0.05) is 18.5 Å². The minimum Gasteiger partial charge on any atom is -0.490 e. The van der Waals surface area contributed by atoms with Gasteiger partial charge in [-0.15, -0.1) is 0 Å². The van der Waals surface area contributed by atoms with E-state index >= 15 is 0 Å². The number of hydrogen-bond donors (Lipinski definition) is 1. The Morgan fingerprint density at radius 3 is 2.90 bits per heavy atom. The summed E-state index contributed by atoms with van der Waals surface area (Å²) in [7, 11) is 1.34. The summed E-state index contributed by atoms with van der Waals surface area (Å²) in [6, 6.07) is 4.24. The Kier molecular flexibility index (Phi) is 4.49. The molecular weight excluding hydrogens is 278 g/mol. The third kappa shape index (κ3) is 3.16. The predicted molar refractivity (Wildman–Crippen MR) is 72.8 cm³/mol. The van der Waals surface area contributed by atoms with Gasteiger partial charge in [0, 0.05) is 17.7 Å². The quantitative estimate of drug-likeness (QED) is 0.643. The largest absolute Gasteiger partial charge is 0.490 e. The minimum absolute atomic E-state index is 0.103. The van der Waals surface area contributed by atoms with Crippen molar-refractivity contribution in [1.29, 1.82) is 0 Å². The fraction of sp³-hybridized carbons (Fsp3) is 0.385. The molecule has 0 aliphatic rings. The van der Waals surface area contributed by atoms with Gasteiger partial charge in [0.25, 0.3) is 5.89 Å². The molecule has 21 heavy (non-hydrogen) atoms. The molecule has 1 N–H and O–H groups in total. The van der Waals surface area contributed by atoms with E-state index in [1.165, 1.54) is 25.3 Å². The molecule has 2 rings (SSSR count). The summed E-state index contributed by atoms with van der Waals surface area (Å²) in [4.78, 5) is 14.4. The smallest absolute Gasteiger partial charge is 0.310 e. The third-order valence-corrected chi connectivity index (χ3v) is 2.93. The Balaban J connectivity index is 2.32. The molecule has 0 bridgehead atoms. The van der Waals surface area contributed by atoms with Gasteiger partial charge in [0.15, 0.2) is 5.75 Å². The van der Waals surface area contributed by atoms with E-state index in [2.05, 4.69) is 10.1 Å². The van der Waals surface area contributed by atoms with Crippen LogP contribution in [0.3, 0.4) is 0 Å². The van der Waals surface area contributed by atoms with Crippen LogP contribution in [0.25, 0.3) is 11.5 Å². The first-order chi connectivity index (χ1) is 10.1. The average Bonchev–Trinajstić information content (AvgIpc) is 2.96. The van der Waals surface area contributed by atoms with E-state index in [1.807, 2.05) is 6.92 Å². The second kappa shape index (κ2) is 6.31. The maximum atomic E-state index is 10.8. The highest BCUT2D eigenvalue weighted by molar-refractivity contribution is 5.61. The van der Waals surface area contributed by atoms with Crippen LogP contribution < -0.4 is 4.74 Å². The minimum atomic E-state index is -0.785. The number of aliphatic hydroxyl groups excluding tert-OH is 1. The standard InChI is InChI=1S/C13H15N3O5/c1-3-4-10(17)12-14-13(21-15-12)8-5-6-9(16(18)19)11(7-8)20-2/h5-7,10,17H,3-4H2,1-2H3. The van der Waals surface area contributed by atoms with E-state index in [1.54, 1.807) is 0 Å². The number of aromatic nitrogens is 2. The van der Waals surface area contributed by atoms with Crippen LogP contribution in [0.15, 0.2) is 22.7 Å². The Labute approximate surface area is 120 Å². The van der Waals surface area contributed by atoms with Crippen LogP contribution >= 0.6 is 0 Å². The molecule has 0 aliphatic carbocycles. The van der Waals surface area contributed by atoms with Gasteiger partial charge in [0.2, 0.25) is 5.82 Å². The van der Waals surface area contributed by atoms with Crippen LogP contribution in [-0.4, -0.2) is 27.3 Å². The number of methoxy groups -OCH3 is 1. The molecule has 1 atom stereocenters. The Hall–Kier alpha value is -2.48. The monoisotopic (exact) mass is 293 g/mol. The number of benzene rings is 1. The zero-order valence-corrected chi connectivity index (χ0v) is 11.6. The number of hydrogen-bond acceptors (Lipinski definition) is 7. The van der Waals surface area contributed by atoms with Crippen LogP contribution in [0.2, 0.25) is 0 Å². The maximum absolute atomic E-state index is 10.8. The van der Waals surface area contributed by atoms with Crippen molar-refractivity contribution in [2.45, 2.75) is 25.9 Å². The summed E-state index contributed by atoms with van der Waals surface area (Å²) >= 11 is 0. The Bertz CT molecular complexity index is 640. The van der Waals surface area contributed by atoms with Crippen LogP contribution in [0.5, 0.6) is 5.75 Å². The SMILES string of the molecule is CCCC(O)c1noc(-c2ccc([N+](=O)[O-])c(OC)c2)n1. The van der Waals surface area contributed by atoms with E-state index in [4.69, 9.17) is 9.26 Å². The summed E-state index contributed by atoms with van der Waals surface area (Å²) in [5.41, 5.74) is 0.340. The highest BCUT2D eigenvalue weighted by Gasteiger charge is 2.19. The van der Waals surface area contributed by atoms with Gasteiger partial charge in [-0.25, -0.2) is 0 Å². The van der Waals surface area contributed by atoms with Gasteiger partial charge in [-0.05, 0) is 12.5 Å². The molecule has 8 nitrogen and oxygen atoms in total. The van der Waals surface area contributed by atoms with Crippen molar-refractivity contribution in [2.24, 2.45) is 0 Å². The molecule has 0 radical (unpaired) electrons. The normalized spacial score (nSPS) is 12.1. The lowest BCUT2D eigenvalue weighted by atomic mass is 10.2. The van der Waals surface area contributed by atoms with E-state index in [0.29, 0.717) is 12.0 Å². The number of nitro groups is 1. The number of aliphatic hydroxyl groups is 1. The van der Waals surface area contributed by atoms with Crippen molar-refractivity contribution in [1.82, 2.24) is 10.1 Å².